The summed E-state index contributed by atoms with van der Waals surface area (Å²) >= 11 is 0. The van der Waals surface area contributed by atoms with E-state index in [4.69, 9.17) is 60.5 Å². The molecule has 0 spiro atoms. The molecular formula is C25H32CuGdN5O14. The molecule has 1 aliphatic carbocycles. The predicted molar refractivity (Wildman–Crippen MR) is 155 cm³/mol. The molecule has 260 valence electrons. The molecule has 0 aliphatic heterocycles. The van der Waals surface area contributed by atoms with Crippen molar-refractivity contribution in [2.24, 2.45) is 9.98 Å². The van der Waals surface area contributed by atoms with Crippen LogP contribution in [0.25, 0.3) is 0 Å². The van der Waals surface area contributed by atoms with Gasteiger partial charge >= 0.3 is 57.0 Å². The predicted octanol–water partition coefficient (Wildman–Crippen LogP) is 2.37. The summed E-state index contributed by atoms with van der Waals surface area (Å²) in [7, 11) is 1.00. The Morgan fingerprint density at radius 2 is 1.00 bits per heavy atom. The first-order chi connectivity index (χ1) is 20.8. The molecule has 0 saturated heterocycles. The topological polar surface area (TPSA) is 308 Å². The molecule has 21 heteroatoms. The van der Waals surface area contributed by atoms with Crippen LogP contribution in [0.3, 0.4) is 0 Å². The number of hydrogen-bond acceptors (Lipinski definition) is 16. The van der Waals surface area contributed by atoms with Crippen molar-refractivity contribution in [3.8, 4) is 23.0 Å². The van der Waals surface area contributed by atoms with E-state index in [2.05, 4.69) is 9.98 Å². The van der Waals surface area contributed by atoms with Gasteiger partial charge < -0.3 is 70.8 Å². The first-order valence-corrected chi connectivity index (χ1v) is 12.6. The largest absolute Gasteiger partial charge is 3.00 e. The molecule has 2 aromatic rings. The van der Waals surface area contributed by atoms with Gasteiger partial charge in [0.15, 0.2) is 0 Å². The average molecular weight is 847 g/mol. The average Bonchev–Trinajstić information content (AvgIpc) is 2.95. The van der Waals surface area contributed by atoms with E-state index in [9.17, 15) is 10.2 Å². The summed E-state index contributed by atoms with van der Waals surface area (Å²) in [6.45, 7) is 4.59. The Kier molecular flexibility index (Phi) is 32.2. The SMILES string of the molecule is CCOc1cccc(C=N[C@@H]2CCCC[C@H]2N=Cc2cccc(OCC)c2[O-])c1[O-].CO.O=[N+]([O-])[O-].O=[N+]([O-])[O-].O=[N+]([O-])[O-].[Cu+2].[Gd+3]. The zero-order valence-electron chi connectivity index (χ0n) is 24.7. The van der Waals surface area contributed by atoms with Gasteiger partial charge in [-0.15, -0.1) is 0 Å². The van der Waals surface area contributed by atoms with Gasteiger partial charge in [-0.25, -0.2) is 0 Å². The van der Waals surface area contributed by atoms with Crippen LogP contribution >= 0.6 is 0 Å². The summed E-state index contributed by atoms with van der Waals surface area (Å²) in [6.07, 6.45) is 7.23. The first-order valence-electron chi connectivity index (χ1n) is 12.6. The molecule has 19 nitrogen and oxygen atoms in total. The third-order valence-corrected chi connectivity index (χ3v) is 5.12. The second-order valence-electron chi connectivity index (χ2n) is 7.86. The van der Waals surface area contributed by atoms with Gasteiger partial charge in [0.05, 0.1) is 40.6 Å². The smallest absolute Gasteiger partial charge is 0.870 e. The van der Waals surface area contributed by atoms with Crippen LogP contribution in [-0.4, -0.2) is 65.2 Å². The van der Waals surface area contributed by atoms with Crippen molar-refractivity contribution in [2.45, 2.75) is 51.6 Å². The number of aliphatic hydroxyl groups excluding tert-OH is 1. The van der Waals surface area contributed by atoms with Crippen molar-refractivity contribution in [3.05, 3.63) is 93.5 Å². The van der Waals surface area contributed by atoms with Crippen molar-refractivity contribution in [3.63, 3.8) is 0 Å². The van der Waals surface area contributed by atoms with E-state index in [1.54, 1.807) is 48.8 Å². The van der Waals surface area contributed by atoms with E-state index in [0.29, 0.717) is 35.8 Å². The Hall–Kier alpha value is -3.62. The fourth-order valence-corrected chi connectivity index (χ4v) is 3.60. The van der Waals surface area contributed by atoms with Crippen LogP contribution in [0.5, 0.6) is 23.0 Å². The molecule has 0 unspecified atom stereocenters. The van der Waals surface area contributed by atoms with E-state index < -0.39 is 15.3 Å². The molecular weight excluding hydrogens is 815 g/mol. The number of para-hydroxylation sites is 2. The van der Waals surface area contributed by atoms with Gasteiger partial charge in [-0.3, -0.25) is 9.98 Å². The molecule has 2 atom stereocenters. The Morgan fingerprint density at radius 1 is 0.717 bits per heavy atom. The molecule has 0 heterocycles. The van der Waals surface area contributed by atoms with Gasteiger partial charge in [0.25, 0.3) is 0 Å². The third kappa shape index (κ3) is 23.7. The van der Waals surface area contributed by atoms with Crippen LogP contribution in [0, 0.1) is 85.9 Å². The summed E-state index contributed by atoms with van der Waals surface area (Å²) in [5.41, 5.74) is 1.03. The molecule has 2 aromatic carbocycles. The maximum atomic E-state index is 12.5. The van der Waals surface area contributed by atoms with Crippen molar-refractivity contribution < 1.29 is 97.1 Å². The fourth-order valence-electron chi connectivity index (χ4n) is 3.60. The number of benzene rings is 2. The van der Waals surface area contributed by atoms with E-state index in [1.807, 2.05) is 13.8 Å². The van der Waals surface area contributed by atoms with E-state index in [-0.39, 0.29) is 80.6 Å². The monoisotopic (exact) mass is 847 g/mol. The minimum Gasteiger partial charge on any atom is -0.870 e. The van der Waals surface area contributed by atoms with Crippen LogP contribution in [0.2, 0.25) is 0 Å². The van der Waals surface area contributed by atoms with Gasteiger partial charge in [0, 0.05) is 19.5 Å². The maximum Gasteiger partial charge on any atom is 3.00 e. The number of nitrogens with zero attached hydrogens (tertiary/aromatic N) is 5. The second-order valence-corrected chi connectivity index (χ2v) is 7.86. The Morgan fingerprint density at radius 3 is 1.26 bits per heavy atom. The van der Waals surface area contributed by atoms with Gasteiger partial charge in [-0.1, -0.05) is 48.6 Å². The van der Waals surface area contributed by atoms with Gasteiger partial charge in [-0.05, 0) is 49.9 Å². The number of hydrogen-bond donors (Lipinski definition) is 1. The second kappa shape index (κ2) is 30.1. The number of rotatable bonds is 8. The third-order valence-electron chi connectivity index (χ3n) is 5.12. The minimum absolute atomic E-state index is 0. The molecule has 1 fully saturated rings. The summed E-state index contributed by atoms with van der Waals surface area (Å²) < 4.78 is 10.8. The zero-order valence-corrected chi connectivity index (χ0v) is 27.9. The first kappa shape index (κ1) is 49.3. The molecule has 0 bridgehead atoms. The van der Waals surface area contributed by atoms with Crippen LogP contribution in [-0.2, 0) is 17.1 Å². The van der Waals surface area contributed by atoms with Gasteiger partial charge in [0.2, 0.25) is 0 Å². The van der Waals surface area contributed by atoms with Crippen molar-refractivity contribution in [2.75, 3.05) is 20.3 Å². The van der Waals surface area contributed by atoms with Crippen molar-refractivity contribution in [1.82, 2.24) is 0 Å². The minimum atomic E-state index is -1.75. The summed E-state index contributed by atoms with van der Waals surface area (Å²) in [5.74, 6) is 0.388. The van der Waals surface area contributed by atoms with Crippen molar-refractivity contribution >= 4 is 12.4 Å². The Balaban J connectivity index is -0.000000470. The maximum absolute atomic E-state index is 12.5. The van der Waals surface area contributed by atoms with Crippen molar-refractivity contribution in [1.29, 1.82) is 0 Å². The summed E-state index contributed by atoms with van der Waals surface area (Å²) in [6, 6.07) is 10.4. The summed E-state index contributed by atoms with van der Waals surface area (Å²) in [5, 5.41) is 76.2. The van der Waals surface area contributed by atoms with E-state index in [1.165, 1.54) is 0 Å². The quantitative estimate of drug-likeness (QED) is 0.173. The zero-order chi connectivity index (χ0) is 34.1. The number of aliphatic hydroxyl groups is 1. The van der Waals surface area contributed by atoms with Crippen LogP contribution < -0.4 is 19.7 Å². The normalized spacial score (nSPS) is 14.3. The van der Waals surface area contributed by atoms with Crippen LogP contribution in [0.4, 0.5) is 0 Å². The molecule has 1 N–H and O–H groups in total. The number of ether oxygens (including phenoxy) is 2. The standard InChI is InChI=1S/C24H30N2O4.CH4O.Cu.Gd.3NO3/c1-3-29-21-13-7-9-17(23(21)27)15-25-19-11-5-6-12-20(19)26-16-18-10-8-14-22(24(18)28)30-4-2;1-2;;;3*2-1(3)4/h7-10,13-16,19-20,27-28H,3-6,11-12H2,1-2H3;2H,1H3;;;;;/q;;+2;+3;3*-1/p-2/t19-,20-;;;;;;/m1....../s1. The summed E-state index contributed by atoms with van der Waals surface area (Å²) in [4.78, 5) is 34.1. The molecule has 3 rings (SSSR count). The molecule has 0 aromatic heterocycles. The van der Waals surface area contributed by atoms with E-state index in [0.717, 1.165) is 32.8 Å². The molecule has 2 radical (unpaired) electrons. The Labute approximate surface area is 306 Å². The molecule has 46 heavy (non-hydrogen) atoms. The molecule has 1 saturated carbocycles. The Bertz CT molecular complexity index is 1100. The van der Waals surface area contributed by atoms with Crippen LogP contribution in [0.1, 0.15) is 50.7 Å². The van der Waals surface area contributed by atoms with Gasteiger partial charge in [0.1, 0.15) is 11.5 Å². The fraction of sp³-hybridized carbons (Fsp3) is 0.440. The van der Waals surface area contributed by atoms with E-state index >= 15 is 0 Å². The number of aliphatic imine (C=N–C) groups is 2. The molecule has 1 aliphatic rings. The molecule has 0 amide bonds. The van der Waals surface area contributed by atoms with Crippen LogP contribution in [0.15, 0.2) is 46.4 Å². The van der Waals surface area contributed by atoms with Gasteiger partial charge in [-0.2, -0.15) is 0 Å².